The molecule has 3 atom stereocenters. The maximum Gasteiger partial charge on any atom is 0.408 e. The molecule has 10 heteroatoms. The lowest BCUT2D eigenvalue weighted by molar-refractivity contribution is -0.143. The number of nitrogens with one attached hydrogen (secondary N) is 2. The Balaban J connectivity index is 1.95. The van der Waals surface area contributed by atoms with E-state index < -0.39 is 35.7 Å². The number of nitrogens with zero attached hydrogens (tertiary/aromatic N) is 1. The molecule has 1 aromatic rings. The lowest BCUT2D eigenvalue weighted by atomic mass is 9.92. The predicted molar refractivity (Wildman–Crippen MR) is 133 cm³/mol. The summed E-state index contributed by atoms with van der Waals surface area (Å²) < 4.78 is 5.32. The Morgan fingerprint density at radius 1 is 1.08 bits per heavy atom. The van der Waals surface area contributed by atoms with E-state index in [0.29, 0.717) is 37.9 Å². The molecule has 0 radical (unpaired) electrons. The Morgan fingerprint density at radius 3 is 2.17 bits per heavy atom. The number of carboxylic acid groups (broad SMARTS) is 1. The third kappa shape index (κ3) is 8.73. The summed E-state index contributed by atoms with van der Waals surface area (Å²) in [6.45, 7) is 9.74. The van der Waals surface area contributed by atoms with Crippen molar-refractivity contribution in [1.82, 2.24) is 15.5 Å². The van der Waals surface area contributed by atoms with Gasteiger partial charge in [-0.15, -0.1) is 0 Å². The van der Waals surface area contributed by atoms with Gasteiger partial charge in [-0.2, -0.15) is 0 Å². The van der Waals surface area contributed by atoms with E-state index >= 15 is 0 Å². The topological polar surface area (TPSA) is 145 Å². The van der Waals surface area contributed by atoms with Gasteiger partial charge in [0.25, 0.3) is 0 Å². The molecule has 36 heavy (non-hydrogen) atoms. The van der Waals surface area contributed by atoms with Crippen molar-refractivity contribution in [1.29, 1.82) is 0 Å². The van der Waals surface area contributed by atoms with Crippen LogP contribution in [0.4, 0.5) is 4.79 Å². The highest BCUT2D eigenvalue weighted by atomic mass is 16.6. The number of benzene rings is 1. The molecule has 1 aliphatic heterocycles. The van der Waals surface area contributed by atoms with Crippen LogP contribution in [-0.2, 0) is 25.5 Å². The zero-order valence-corrected chi connectivity index (χ0v) is 21.7. The molecule has 0 bridgehead atoms. The van der Waals surface area contributed by atoms with Crippen molar-refractivity contribution in [3.05, 3.63) is 29.8 Å². The zero-order valence-electron chi connectivity index (χ0n) is 21.7. The lowest BCUT2D eigenvalue weighted by Gasteiger charge is -2.35. The number of aliphatic carboxylic acids is 1. The molecular weight excluding hydrogens is 466 g/mol. The highest BCUT2D eigenvalue weighted by Crippen LogP contribution is 2.21. The van der Waals surface area contributed by atoms with Gasteiger partial charge in [-0.05, 0) is 57.2 Å². The number of rotatable bonds is 9. The van der Waals surface area contributed by atoms with Crippen molar-refractivity contribution in [3.8, 4) is 5.75 Å². The van der Waals surface area contributed by atoms with Gasteiger partial charge in [-0.3, -0.25) is 9.59 Å². The number of piperidine rings is 1. The van der Waals surface area contributed by atoms with Gasteiger partial charge in [0.1, 0.15) is 23.4 Å². The van der Waals surface area contributed by atoms with E-state index in [1.165, 1.54) is 12.1 Å². The molecule has 1 heterocycles. The second-order valence-electron chi connectivity index (χ2n) is 10.4. The second kappa shape index (κ2) is 12.6. The Hall–Kier alpha value is -3.30. The third-order valence-corrected chi connectivity index (χ3v) is 6.32. The highest BCUT2D eigenvalue weighted by Gasteiger charge is 2.35. The van der Waals surface area contributed by atoms with Crippen molar-refractivity contribution in [2.24, 2.45) is 11.8 Å². The summed E-state index contributed by atoms with van der Waals surface area (Å²) >= 11 is 0. The number of hydrogen-bond acceptors (Lipinski definition) is 6. The summed E-state index contributed by atoms with van der Waals surface area (Å²) in [5, 5.41) is 24.3. The third-order valence-electron chi connectivity index (χ3n) is 6.32. The Bertz CT molecular complexity index is 918. The Morgan fingerprint density at radius 2 is 1.67 bits per heavy atom. The Kier molecular flexibility index (Phi) is 10.1. The van der Waals surface area contributed by atoms with E-state index in [1.807, 2.05) is 13.8 Å². The number of likely N-dealkylation sites (tertiary alicyclic amines) is 1. The monoisotopic (exact) mass is 505 g/mol. The number of alkyl carbamates (subject to hydrolysis) is 1. The smallest absolute Gasteiger partial charge is 0.408 e. The normalized spacial score (nSPS) is 17.0. The molecular formula is C26H39N3O7. The van der Waals surface area contributed by atoms with Crippen LogP contribution in [0.5, 0.6) is 5.75 Å². The number of aromatic hydroxyl groups is 1. The van der Waals surface area contributed by atoms with Crippen LogP contribution in [0.1, 0.15) is 59.4 Å². The molecule has 200 valence electrons. The van der Waals surface area contributed by atoms with Gasteiger partial charge in [-0.25, -0.2) is 9.59 Å². The summed E-state index contributed by atoms with van der Waals surface area (Å²) in [5.41, 5.74) is -0.0101. The summed E-state index contributed by atoms with van der Waals surface area (Å²) in [4.78, 5) is 51.7. The van der Waals surface area contributed by atoms with Crippen LogP contribution in [-0.4, -0.2) is 69.8 Å². The summed E-state index contributed by atoms with van der Waals surface area (Å²) in [6.07, 6.45) is 0.906. The largest absolute Gasteiger partial charge is 0.508 e. The molecule has 1 aliphatic rings. The molecule has 1 fully saturated rings. The maximum absolute atomic E-state index is 13.2. The maximum atomic E-state index is 13.2. The summed E-state index contributed by atoms with van der Waals surface area (Å²) in [7, 11) is 0. The summed E-state index contributed by atoms with van der Waals surface area (Å²) in [6, 6.07) is 4.31. The molecule has 10 nitrogen and oxygen atoms in total. The average Bonchev–Trinajstić information content (AvgIpc) is 2.81. The molecule has 4 N–H and O–H groups in total. The number of amides is 3. The van der Waals surface area contributed by atoms with E-state index in [2.05, 4.69) is 10.6 Å². The minimum Gasteiger partial charge on any atom is -0.508 e. The molecule has 0 spiro atoms. The minimum absolute atomic E-state index is 0.0767. The zero-order chi connectivity index (χ0) is 27.0. The molecule has 3 unspecified atom stereocenters. The number of carbonyl (C=O) groups is 4. The molecule has 0 aliphatic carbocycles. The van der Waals surface area contributed by atoms with Crippen molar-refractivity contribution in [2.75, 3.05) is 13.1 Å². The van der Waals surface area contributed by atoms with E-state index in [4.69, 9.17) is 4.74 Å². The number of carboxylic acids is 1. The average molecular weight is 506 g/mol. The number of hydrogen-bond donors (Lipinski definition) is 4. The highest BCUT2D eigenvalue weighted by molar-refractivity contribution is 5.87. The van der Waals surface area contributed by atoms with E-state index in [0.717, 1.165) is 0 Å². The van der Waals surface area contributed by atoms with Crippen molar-refractivity contribution in [3.63, 3.8) is 0 Å². The van der Waals surface area contributed by atoms with Crippen LogP contribution in [0.15, 0.2) is 24.3 Å². The van der Waals surface area contributed by atoms with Gasteiger partial charge in [0.05, 0.1) is 0 Å². The molecule has 0 saturated carbocycles. The van der Waals surface area contributed by atoms with Gasteiger partial charge in [-0.1, -0.05) is 32.4 Å². The molecule has 0 aromatic heterocycles. The fourth-order valence-corrected chi connectivity index (χ4v) is 4.03. The van der Waals surface area contributed by atoms with Crippen LogP contribution >= 0.6 is 0 Å². The molecule has 1 saturated heterocycles. The van der Waals surface area contributed by atoms with Gasteiger partial charge < -0.3 is 30.5 Å². The SMILES string of the molecule is CCC(C)C(NC(=O)OC(C)(C)C)C(=O)N1CCC(C(=O)NC(Cc2ccc(O)cc2)C(=O)O)CC1. The summed E-state index contributed by atoms with van der Waals surface area (Å²) in [5.74, 6) is -2.18. The van der Waals surface area contributed by atoms with Crippen molar-refractivity contribution < 1.29 is 34.1 Å². The predicted octanol–water partition coefficient (Wildman–Crippen LogP) is 2.68. The van der Waals surface area contributed by atoms with Gasteiger partial charge in [0, 0.05) is 25.4 Å². The van der Waals surface area contributed by atoms with Crippen LogP contribution < -0.4 is 10.6 Å². The first-order valence-corrected chi connectivity index (χ1v) is 12.4. The van der Waals surface area contributed by atoms with Gasteiger partial charge in [0.2, 0.25) is 11.8 Å². The van der Waals surface area contributed by atoms with E-state index in [9.17, 15) is 29.4 Å². The van der Waals surface area contributed by atoms with E-state index in [-0.39, 0.29) is 29.9 Å². The number of phenolic OH excluding ortho intramolecular Hbond substituents is 1. The quantitative estimate of drug-likeness (QED) is 0.404. The molecule has 1 aromatic carbocycles. The van der Waals surface area contributed by atoms with Crippen molar-refractivity contribution in [2.45, 2.75) is 78.0 Å². The fourth-order valence-electron chi connectivity index (χ4n) is 4.03. The minimum atomic E-state index is -1.14. The second-order valence-corrected chi connectivity index (χ2v) is 10.4. The van der Waals surface area contributed by atoms with Crippen LogP contribution in [0, 0.1) is 11.8 Å². The number of ether oxygens (including phenoxy) is 1. The first kappa shape index (κ1) is 28.9. The van der Waals surface area contributed by atoms with Crippen LogP contribution in [0.3, 0.4) is 0 Å². The lowest BCUT2D eigenvalue weighted by Crippen LogP contribution is -2.55. The fraction of sp³-hybridized carbons (Fsp3) is 0.615. The number of phenols is 1. The van der Waals surface area contributed by atoms with Gasteiger partial charge in [0.15, 0.2) is 0 Å². The van der Waals surface area contributed by atoms with E-state index in [1.54, 1.807) is 37.8 Å². The first-order valence-electron chi connectivity index (χ1n) is 12.4. The van der Waals surface area contributed by atoms with Gasteiger partial charge >= 0.3 is 12.1 Å². The van der Waals surface area contributed by atoms with Crippen LogP contribution in [0.2, 0.25) is 0 Å². The molecule has 2 rings (SSSR count). The number of carbonyl (C=O) groups excluding carboxylic acids is 3. The van der Waals surface area contributed by atoms with Crippen molar-refractivity contribution >= 4 is 23.9 Å². The standard InChI is InChI=1S/C26H39N3O7/c1-6-16(2)21(28-25(35)36-26(3,4)5)23(32)29-13-11-18(12-14-29)22(31)27-20(24(33)34)15-17-7-9-19(30)10-8-17/h7-10,16,18,20-21,30H,6,11-15H2,1-5H3,(H,27,31)(H,28,35)(H,33,34). The Labute approximate surface area is 212 Å². The van der Waals surface area contributed by atoms with Crippen LogP contribution in [0.25, 0.3) is 0 Å². The molecule has 3 amide bonds. The first-order chi connectivity index (χ1) is 16.8.